The quantitative estimate of drug-likeness (QED) is 0.623. The predicted octanol–water partition coefficient (Wildman–Crippen LogP) is 1.76. The van der Waals surface area contributed by atoms with Gasteiger partial charge in [-0.05, 0) is 19.1 Å². The van der Waals surface area contributed by atoms with Crippen molar-refractivity contribution < 1.29 is 14.8 Å². The standard InChI is InChI=1S/C11H14N2O3/c1-8(12-15-2)11(13-16-3)9-5-4-6-10(14)7-9/h4-7,14H,1-3H3/b12-8+,13-11-. The molecule has 5 heteroatoms. The fraction of sp³-hybridized carbons (Fsp3) is 0.273. The van der Waals surface area contributed by atoms with Crippen molar-refractivity contribution in [3.63, 3.8) is 0 Å². The Morgan fingerprint density at radius 2 is 1.88 bits per heavy atom. The molecule has 0 aromatic heterocycles. The summed E-state index contributed by atoms with van der Waals surface area (Å²) in [7, 11) is 2.90. The second-order valence-corrected chi connectivity index (χ2v) is 3.03. The van der Waals surface area contributed by atoms with E-state index in [-0.39, 0.29) is 5.75 Å². The fourth-order valence-electron chi connectivity index (χ4n) is 1.25. The molecule has 5 nitrogen and oxygen atoms in total. The van der Waals surface area contributed by atoms with Crippen molar-refractivity contribution in [2.24, 2.45) is 10.3 Å². The lowest BCUT2D eigenvalue weighted by Gasteiger charge is -2.05. The van der Waals surface area contributed by atoms with E-state index in [0.29, 0.717) is 17.0 Å². The van der Waals surface area contributed by atoms with Gasteiger partial charge in [0.1, 0.15) is 31.4 Å². The fourth-order valence-corrected chi connectivity index (χ4v) is 1.25. The zero-order valence-corrected chi connectivity index (χ0v) is 9.47. The molecule has 16 heavy (non-hydrogen) atoms. The number of phenols is 1. The summed E-state index contributed by atoms with van der Waals surface area (Å²) < 4.78 is 0. The first kappa shape index (κ1) is 12.0. The summed E-state index contributed by atoms with van der Waals surface area (Å²) in [6.07, 6.45) is 0. The van der Waals surface area contributed by atoms with Crippen LogP contribution in [0.2, 0.25) is 0 Å². The highest BCUT2D eigenvalue weighted by Gasteiger charge is 2.09. The number of phenolic OH excluding ortho intramolecular Hbond substituents is 1. The molecule has 0 amide bonds. The molecule has 0 radical (unpaired) electrons. The van der Waals surface area contributed by atoms with Crippen LogP contribution in [0.1, 0.15) is 12.5 Å². The van der Waals surface area contributed by atoms with E-state index in [0.717, 1.165) is 0 Å². The van der Waals surface area contributed by atoms with Gasteiger partial charge in [-0.1, -0.05) is 22.4 Å². The lowest BCUT2D eigenvalue weighted by Crippen LogP contribution is -2.13. The van der Waals surface area contributed by atoms with Crippen LogP contribution in [0.4, 0.5) is 0 Å². The van der Waals surface area contributed by atoms with Gasteiger partial charge >= 0.3 is 0 Å². The van der Waals surface area contributed by atoms with E-state index in [2.05, 4.69) is 15.1 Å². The zero-order valence-electron chi connectivity index (χ0n) is 9.47. The molecular formula is C11H14N2O3. The summed E-state index contributed by atoms with van der Waals surface area (Å²) in [5, 5.41) is 17.0. The van der Waals surface area contributed by atoms with Crippen molar-refractivity contribution in [3.8, 4) is 5.75 Å². The molecule has 1 N–H and O–H groups in total. The molecule has 0 saturated carbocycles. The van der Waals surface area contributed by atoms with Crippen molar-refractivity contribution in [3.05, 3.63) is 29.8 Å². The molecule has 1 rings (SSSR count). The lowest BCUT2D eigenvalue weighted by molar-refractivity contribution is 0.210. The first-order chi connectivity index (χ1) is 7.69. The number of benzene rings is 1. The smallest absolute Gasteiger partial charge is 0.134 e. The monoisotopic (exact) mass is 222 g/mol. The molecule has 0 atom stereocenters. The third-order valence-corrected chi connectivity index (χ3v) is 1.87. The maximum absolute atomic E-state index is 9.37. The van der Waals surface area contributed by atoms with Crippen molar-refractivity contribution in [2.45, 2.75) is 6.92 Å². The van der Waals surface area contributed by atoms with Crippen LogP contribution >= 0.6 is 0 Å². The number of rotatable bonds is 4. The molecule has 0 aliphatic carbocycles. The average Bonchev–Trinajstić information content (AvgIpc) is 2.26. The molecular weight excluding hydrogens is 208 g/mol. The molecule has 0 fully saturated rings. The number of hydrogen-bond donors (Lipinski definition) is 1. The third kappa shape index (κ3) is 2.98. The first-order valence-electron chi connectivity index (χ1n) is 4.67. The second-order valence-electron chi connectivity index (χ2n) is 3.03. The van der Waals surface area contributed by atoms with E-state index in [1.807, 2.05) is 0 Å². The summed E-state index contributed by atoms with van der Waals surface area (Å²) >= 11 is 0. The minimum Gasteiger partial charge on any atom is -0.508 e. The third-order valence-electron chi connectivity index (χ3n) is 1.87. The second kappa shape index (κ2) is 5.75. The molecule has 0 unspecified atom stereocenters. The minimum absolute atomic E-state index is 0.159. The maximum atomic E-state index is 9.37. The molecule has 0 heterocycles. The molecule has 0 spiro atoms. The normalized spacial score (nSPS) is 12.4. The predicted molar refractivity (Wildman–Crippen MR) is 61.8 cm³/mol. The van der Waals surface area contributed by atoms with E-state index >= 15 is 0 Å². The molecule has 0 saturated heterocycles. The number of hydrogen-bond acceptors (Lipinski definition) is 5. The van der Waals surface area contributed by atoms with Crippen LogP contribution in [0.3, 0.4) is 0 Å². The van der Waals surface area contributed by atoms with Crippen LogP contribution < -0.4 is 0 Å². The van der Waals surface area contributed by atoms with Crippen molar-refractivity contribution in [1.29, 1.82) is 0 Å². The van der Waals surface area contributed by atoms with E-state index in [4.69, 9.17) is 4.84 Å². The number of nitrogens with zero attached hydrogens (tertiary/aromatic N) is 2. The Balaban J connectivity index is 3.13. The van der Waals surface area contributed by atoms with Crippen molar-refractivity contribution >= 4 is 11.4 Å². The van der Waals surface area contributed by atoms with Gasteiger partial charge in [0.2, 0.25) is 0 Å². The highest BCUT2D eigenvalue weighted by Crippen LogP contribution is 2.13. The largest absolute Gasteiger partial charge is 0.508 e. The molecule has 0 bridgehead atoms. The molecule has 0 aliphatic heterocycles. The Hall–Kier alpha value is -2.04. The number of aromatic hydroxyl groups is 1. The molecule has 1 aromatic rings. The van der Waals surface area contributed by atoms with E-state index in [1.54, 1.807) is 31.2 Å². The van der Waals surface area contributed by atoms with Crippen LogP contribution in [-0.2, 0) is 9.68 Å². The van der Waals surface area contributed by atoms with E-state index in [1.165, 1.54) is 14.2 Å². The van der Waals surface area contributed by atoms with E-state index < -0.39 is 0 Å². The Kier molecular flexibility index (Phi) is 4.32. The molecule has 1 aromatic carbocycles. The van der Waals surface area contributed by atoms with Gasteiger partial charge in [0.15, 0.2) is 0 Å². The highest BCUT2D eigenvalue weighted by molar-refractivity contribution is 6.47. The van der Waals surface area contributed by atoms with Gasteiger partial charge in [0.25, 0.3) is 0 Å². The minimum atomic E-state index is 0.159. The SMILES string of the molecule is CO/N=C(C)/C(=N/OC)c1cccc(O)c1. The Labute approximate surface area is 94.0 Å². The van der Waals surface area contributed by atoms with Crippen LogP contribution in [-0.4, -0.2) is 30.7 Å². The highest BCUT2D eigenvalue weighted by atomic mass is 16.6. The lowest BCUT2D eigenvalue weighted by atomic mass is 10.1. The Morgan fingerprint density at radius 1 is 1.19 bits per heavy atom. The Morgan fingerprint density at radius 3 is 2.44 bits per heavy atom. The van der Waals surface area contributed by atoms with Gasteiger partial charge < -0.3 is 14.8 Å². The van der Waals surface area contributed by atoms with Crippen LogP contribution in [0, 0.1) is 0 Å². The van der Waals surface area contributed by atoms with Crippen LogP contribution in [0.5, 0.6) is 5.75 Å². The van der Waals surface area contributed by atoms with Gasteiger partial charge in [-0.25, -0.2) is 0 Å². The van der Waals surface area contributed by atoms with Crippen molar-refractivity contribution in [2.75, 3.05) is 14.2 Å². The molecule has 0 aliphatic rings. The summed E-state index contributed by atoms with van der Waals surface area (Å²) in [5.41, 5.74) is 1.79. The van der Waals surface area contributed by atoms with Crippen LogP contribution in [0.25, 0.3) is 0 Å². The summed E-state index contributed by atoms with van der Waals surface area (Å²) in [4.78, 5) is 9.41. The van der Waals surface area contributed by atoms with Crippen LogP contribution in [0.15, 0.2) is 34.6 Å². The first-order valence-corrected chi connectivity index (χ1v) is 4.67. The maximum Gasteiger partial charge on any atom is 0.134 e. The van der Waals surface area contributed by atoms with Crippen molar-refractivity contribution in [1.82, 2.24) is 0 Å². The van der Waals surface area contributed by atoms with Gasteiger partial charge in [-0.15, -0.1) is 0 Å². The van der Waals surface area contributed by atoms with Gasteiger partial charge in [-0.3, -0.25) is 0 Å². The molecule has 86 valence electrons. The summed E-state index contributed by atoms with van der Waals surface area (Å²) in [6.45, 7) is 1.74. The van der Waals surface area contributed by atoms with E-state index in [9.17, 15) is 5.11 Å². The van der Waals surface area contributed by atoms with Gasteiger partial charge in [0, 0.05) is 5.56 Å². The summed E-state index contributed by atoms with van der Waals surface area (Å²) in [6, 6.07) is 6.67. The number of oxime groups is 2. The van der Waals surface area contributed by atoms with Gasteiger partial charge in [-0.2, -0.15) is 0 Å². The average molecular weight is 222 g/mol. The Bertz CT molecular complexity index is 413. The summed E-state index contributed by atoms with van der Waals surface area (Å²) in [5.74, 6) is 0.159. The topological polar surface area (TPSA) is 63.4 Å². The zero-order chi connectivity index (χ0) is 12.0. The van der Waals surface area contributed by atoms with Gasteiger partial charge in [0.05, 0.1) is 0 Å².